The van der Waals surface area contributed by atoms with Crippen LogP contribution in [0.5, 0.6) is 0 Å². The molecule has 28 heavy (non-hydrogen) atoms. The van der Waals surface area contributed by atoms with E-state index in [0.29, 0.717) is 16.5 Å². The van der Waals surface area contributed by atoms with Gasteiger partial charge in [0.25, 0.3) is 11.1 Å². The van der Waals surface area contributed by atoms with Gasteiger partial charge in [0.15, 0.2) is 0 Å². The van der Waals surface area contributed by atoms with E-state index in [2.05, 4.69) is 10.5 Å². The standard InChI is InChI=1S/C22H15ClN2O2S/c1-2-11-25-21(26)20(28-22(25)27)12-16-14-24(19-6-4-3-5-18(16)19)13-15-7-9-17(23)10-8-15/h1,3-10,12,14H,11,13H2/b20-12-. The molecule has 0 aliphatic carbocycles. The van der Waals surface area contributed by atoms with Crippen molar-refractivity contribution in [3.63, 3.8) is 0 Å². The number of amides is 2. The molecule has 0 saturated carbocycles. The quantitative estimate of drug-likeness (QED) is 0.451. The smallest absolute Gasteiger partial charge is 0.294 e. The molecule has 1 aromatic heterocycles. The number of halogens is 1. The van der Waals surface area contributed by atoms with Gasteiger partial charge in [-0.15, -0.1) is 6.42 Å². The fraction of sp³-hybridized carbons (Fsp3) is 0.0909. The van der Waals surface area contributed by atoms with Crippen molar-refractivity contribution in [1.29, 1.82) is 0 Å². The normalized spacial score (nSPS) is 15.6. The summed E-state index contributed by atoms with van der Waals surface area (Å²) < 4.78 is 2.12. The van der Waals surface area contributed by atoms with Crippen molar-refractivity contribution in [1.82, 2.24) is 9.47 Å². The van der Waals surface area contributed by atoms with E-state index < -0.39 is 0 Å². The Balaban J connectivity index is 1.73. The highest BCUT2D eigenvalue weighted by atomic mass is 35.5. The van der Waals surface area contributed by atoms with Crippen LogP contribution >= 0.6 is 23.4 Å². The molecule has 0 N–H and O–H groups in total. The molecule has 0 atom stereocenters. The minimum Gasteiger partial charge on any atom is -0.342 e. The average molecular weight is 407 g/mol. The van der Waals surface area contributed by atoms with Crippen molar-refractivity contribution < 1.29 is 9.59 Å². The molecule has 0 radical (unpaired) electrons. The SMILES string of the molecule is C#CCN1C(=O)S/C(=C\c2cn(Cc3ccc(Cl)cc3)c3ccccc23)C1=O. The number of benzene rings is 2. The first-order valence-electron chi connectivity index (χ1n) is 8.58. The molecule has 0 unspecified atom stereocenters. The van der Waals surface area contributed by atoms with E-state index in [1.54, 1.807) is 6.08 Å². The third kappa shape index (κ3) is 3.45. The Kier molecular flexibility index (Phi) is 4.99. The number of carbonyl (C=O) groups excluding carboxylic acids is 2. The van der Waals surface area contributed by atoms with Gasteiger partial charge in [0, 0.05) is 34.2 Å². The zero-order chi connectivity index (χ0) is 19.7. The van der Waals surface area contributed by atoms with Gasteiger partial charge in [-0.2, -0.15) is 0 Å². The number of thioether (sulfide) groups is 1. The predicted molar refractivity (Wildman–Crippen MR) is 114 cm³/mol. The molecule has 1 aliphatic rings. The Hall–Kier alpha value is -2.94. The number of para-hydroxylation sites is 1. The Morgan fingerprint density at radius 2 is 1.86 bits per heavy atom. The van der Waals surface area contributed by atoms with E-state index in [1.165, 1.54) is 0 Å². The molecule has 1 aliphatic heterocycles. The summed E-state index contributed by atoms with van der Waals surface area (Å²) in [5, 5.41) is 1.38. The molecule has 4 rings (SSSR count). The van der Waals surface area contributed by atoms with Crippen molar-refractivity contribution in [2.45, 2.75) is 6.54 Å². The highest BCUT2D eigenvalue weighted by molar-refractivity contribution is 8.18. The molecule has 2 aromatic carbocycles. The number of carbonyl (C=O) groups is 2. The summed E-state index contributed by atoms with van der Waals surface area (Å²) in [5.74, 6) is 2.01. The van der Waals surface area contributed by atoms with Crippen LogP contribution in [0.1, 0.15) is 11.1 Å². The lowest BCUT2D eigenvalue weighted by Gasteiger charge is -2.06. The van der Waals surface area contributed by atoms with Crippen LogP contribution in [0.4, 0.5) is 4.79 Å². The van der Waals surface area contributed by atoms with Gasteiger partial charge in [-0.25, -0.2) is 0 Å². The minimum absolute atomic E-state index is 0.0136. The number of fused-ring (bicyclic) bond motifs is 1. The fourth-order valence-electron chi connectivity index (χ4n) is 3.18. The van der Waals surface area contributed by atoms with Gasteiger partial charge in [0.2, 0.25) is 0 Å². The first kappa shape index (κ1) is 18.4. The van der Waals surface area contributed by atoms with Gasteiger partial charge >= 0.3 is 0 Å². The van der Waals surface area contributed by atoms with Crippen LogP contribution in [0.2, 0.25) is 5.02 Å². The second-order valence-corrected chi connectivity index (χ2v) is 7.76. The summed E-state index contributed by atoms with van der Waals surface area (Å²) in [6.07, 6.45) is 9.02. The molecule has 3 aromatic rings. The molecule has 0 bridgehead atoms. The summed E-state index contributed by atoms with van der Waals surface area (Å²) >= 11 is 6.90. The lowest BCUT2D eigenvalue weighted by atomic mass is 10.1. The van der Waals surface area contributed by atoms with Crippen molar-refractivity contribution in [2.24, 2.45) is 0 Å². The minimum atomic E-state index is -0.345. The predicted octanol–water partition coefficient (Wildman–Crippen LogP) is 5.01. The highest BCUT2D eigenvalue weighted by Gasteiger charge is 2.34. The molecule has 2 amide bonds. The molecular weight excluding hydrogens is 392 g/mol. The summed E-state index contributed by atoms with van der Waals surface area (Å²) in [6.45, 7) is 0.657. The van der Waals surface area contributed by atoms with Gasteiger partial charge in [0.1, 0.15) is 0 Å². The second-order valence-electron chi connectivity index (χ2n) is 6.33. The van der Waals surface area contributed by atoms with Gasteiger partial charge in [0.05, 0.1) is 11.4 Å². The Labute approximate surface area is 171 Å². The lowest BCUT2D eigenvalue weighted by Crippen LogP contribution is -2.28. The number of terminal acetylenes is 1. The van der Waals surface area contributed by atoms with E-state index in [0.717, 1.165) is 38.7 Å². The van der Waals surface area contributed by atoms with Gasteiger partial charge in [-0.3, -0.25) is 14.5 Å². The summed E-state index contributed by atoms with van der Waals surface area (Å²) in [6, 6.07) is 15.7. The number of aromatic nitrogens is 1. The first-order valence-corrected chi connectivity index (χ1v) is 9.77. The molecule has 1 fully saturated rings. The van der Waals surface area contributed by atoms with E-state index >= 15 is 0 Å². The fourth-order valence-corrected chi connectivity index (χ4v) is 4.13. The second kappa shape index (κ2) is 7.59. The van der Waals surface area contributed by atoms with Crippen LogP contribution in [0.3, 0.4) is 0 Å². The maximum absolute atomic E-state index is 12.5. The van der Waals surface area contributed by atoms with Crippen LogP contribution in [0, 0.1) is 12.3 Å². The van der Waals surface area contributed by atoms with Crippen LogP contribution in [-0.4, -0.2) is 27.2 Å². The highest BCUT2D eigenvalue weighted by Crippen LogP contribution is 2.34. The largest absolute Gasteiger partial charge is 0.342 e. The maximum atomic E-state index is 12.5. The molecule has 138 valence electrons. The van der Waals surface area contributed by atoms with Crippen LogP contribution in [-0.2, 0) is 11.3 Å². The lowest BCUT2D eigenvalue weighted by molar-refractivity contribution is -0.122. The summed E-state index contributed by atoms with van der Waals surface area (Å²) in [5.41, 5.74) is 3.05. The number of rotatable bonds is 4. The van der Waals surface area contributed by atoms with Crippen LogP contribution in [0.25, 0.3) is 17.0 Å². The monoisotopic (exact) mass is 406 g/mol. The first-order chi connectivity index (χ1) is 13.6. The number of hydrogen-bond acceptors (Lipinski definition) is 3. The van der Waals surface area contributed by atoms with E-state index in [-0.39, 0.29) is 17.7 Å². The number of imide groups is 1. The Morgan fingerprint density at radius 1 is 1.11 bits per heavy atom. The summed E-state index contributed by atoms with van der Waals surface area (Å²) in [7, 11) is 0. The average Bonchev–Trinajstić information content (AvgIpc) is 3.17. The maximum Gasteiger partial charge on any atom is 0.294 e. The van der Waals surface area contributed by atoms with Crippen molar-refractivity contribution in [2.75, 3.05) is 6.54 Å². The third-order valence-corrected chi connectivity index (χ3v) is 5.65. The zero-order valence-electron chi connectivity index (χ0n) is 14.8. The zero-order valence-corrected chi connectivity index (χ0v) is 16.3. The van der Waals surface area contributed by atoms with Gasteiger partial charge in [-0.05, 0) is 41.6 Å². The molecule has 2 heterocycles. The Bertz CT molecular complexity index is 1160. The van der Waals surface area contributed by atoms with Crippen molar-refractivity contribution >= 4 is 51.5 Å². The van der Waals surface area contributed by atoms with E-state index in [4.69, 9.17) is 18.0 Å². The topological polar surface area (TPSA) is 42.3 Å². The summed E-state index contributed by atoms with van der Waals surface area (Å²) in [4.78, 5) is 26.0. The number of nitrogens with zero attached hydrogens (tertiary/aromatic N) is 2. The molecule has 6 heteroatoms. The van der Waals surface area contributed by atoms with E-state index in [1.807, 2.05) is 54.7 Å². The Morgan fingerprint density at radius 3 is 2.61 bits per heavy atom. The van der Waals surface area contributed by atoms with E-state index in [9.17, 15) is 9.59 Å². The van der Waals surface area contributed by atoms with Crippen LogP contribution < -0.4 is 0 Å². The third-order valence-electron chi connectivity index (χ3n) is 4.50. The number of hydrogen-bond donors (Lipinski definition) is 0. The molecular formula is C22H15ClN2O2S. The van der Waals surface area contributed by atoms with Gasteiger partial charge in [-0.1, -0.05) is 47.9 Å². The molecule has 4 nitrogen and oxygen atoms in total. The van der Waals surface area contributed by atoms with Crippen molar-refractivity contribution in [3.8, 4) is 12.3 Å². The van der Waals surface area contributed by atoms with Crippen molar-refractivity contribution in [3.05, 3.63) is 75.8 Å². The van der Waals surface area contributed by atoms with Crippen LogP contribution in [0.15, 0.2) is 59.6 Å². The molecule has 0 spiro atoms. The van der Waals surface area contributed by atoms with Gasteiger partial charge < -0.3 is 4.57 Å². The molecule has 1 saturated heterocycles.